The quantitative estimate of drug-likeness (QED) is 0.724. The van der Waals surface area contributed by atoms with E-state index in [4.69, 9.17) is 9.15 Å². The third-order valence-corrected chi connectivity index (χ3v) is 2.49. The van der Waals surface area contributed by atoms with Crippen LogP contribution in [-0.2, 0) is 17.7 Å². The van der Waals surface area contributed by atoms with Crippen LogP contribution in [0.1, 0.15) is 52.0 Å². The molecule has 2 rings (SSSR count). The molecule has 0 saturated heterocycles. The molecule has 108 valence electrons. The minimum Gasteiger partial charge on any atom is -0.446 e. The summed E-state index contributed by atoms with van der Waals surface area (Å²) in [6.45, 7) is 12.5. The van der Waals surface area contributed by atoms with Gasteiger partial charge in [-0.2, -0.15) is 0 Å². The summed E-state index contributed by atoms with van der Waals surface area (Å²) >= 11 is 0. The second-order valence-corrected chi connectivity index (χ2v) is 5.25. The van der Waals surface area contributed by atoms with Gasteiger partial charge in [-0.15, -0.1) is 0 Å². The lowest BCUT2D eigenvalue weighted by atomic mass is 10.2. The number of hydrogen-bond donors (Lipinski definition) is 0. The number of aryl methyl sites for hydroxylation is 1. The average molecular weight is 268 g/mol. The van der Waals surface area contributed by atoms with Gasteiger partial charge >= 0.3 is 6.09 Å². The normalized spacial score (nSPS) is 14.3. The van der Waals surface area contributed by atoms with E-state index in [0.29, 0.717) is 25.4 Å². The van der Waals surface area contributed by atoms with Crippen molar-refractivity contribution in [3.63, 3.8) is 0 Å². The first kappa shape index (κ1) is 15.5. The van der Waals surface area contributed by atoms with Crippen LogP contribution in [0.5, 0.6) is 0 Å². The standard InChI is InChI=1S/C12H18N2O3.C2H6/c1-8-13-9-7-14(6-5-10(9)16-8)11(15)17-12(2,3)4;1-2/h5-7H2,1-4H3;1-2H3. The Balaban J connectivity index is 0.000000861. The summed E-state index contributed by atoms with van der Waals surface area (Å²) in [5.41, 5.74) is 0.386. The van der Waals surface area contributed by atoms with Gasteiger partial charge in [0.25, 0.3) is 0 Å². The van der Waals surface area contributed by atoms with E-state index in [1.54, 1.807) is 4.90 Å². The molecule has 0 spiro atoms. The van der Waals surface area contributed by atoms with Crippen molar-refractivity contribution in [2.24, 2.45) is 0 Å². The lowest BCUT2D eigenvalue weighted by molar-refractivity contribution is 0.0217. The van der Waals surface area contributed by atoms with Gasteiger partial charge in [0.15, 0.2) is 5.89 Å². The van der Waals surface area contributed by atoms with Crippen LogP contribution in [0.2, 0.25) is 0 Å². The molecular formula is C14H24N2O3. The fourth-order valence-corrected chi connectivity index (χ4v) is 1.81. The third kappa shape index (κ3) is 4.26. The van der Waals surface area contributed by atoms with Gasteiger partial charge in [-0.3, -0.25) is 0 Å². The van der Waals surface area contributed by atoms with E-state index in [-0.39, 0.29) is 6.09 Å². The van der Waals surface area contributed by atoms with Crippen molar-refractivity contribution in [1.82, 2.24) is 9.88 Å². The lowest BCUT2D eigenvalue weighted by Gasteiger charge is -2.28. The largest absolute Gasteiger partial charge is 0.446 e. The molecule has 0 radical (unpaired) electrons. The van der Waals surface area contributed by atoms with Crippen LogP contribution >= 0.6 is 0 Å². The van der Waals surface area contributed by atoms with Gasteiger partial charge in [0.05, 0.1) is 6.54 Å². The van der Waals surface area contributed by atoms with Gasteiger partial charge in [-0.1, -0.05) is 13.8 Å². The molecule has 1 aliphatic rings. The molecule has 1 aliphatic heterocycles. The molecule has 0 atom stereocenters. The number of oxazole rings is 1. The molecule has 0 aromatic carbocycles. The van der Waals surface area contributed by atoms with Crippen LogP contribution < -0.4 is 0 Å². The van der Waals surface area contributed by atoms with Gasteiger partial charge in [-0.05, 0) is 20.8 Å². The zero-order chi connectivity index (χ0) is 14.6. The van der Waals surface area contributed by atoms with Crippen molar-refractivity contribution < 1.29 is 13.9 Å². The summed E-state index contributed by atoms with van der Waals surface area (Å²) in [7, 11) is 0. The minimum atomic E-state index is -0.461. The first-order chi connectivity index (χ1) is 8.85. The van der Waals surface area contributed by atoms with Crippen molar-refractivity contribution in [2.45, 2.75) is 60.1 Å². The zero-order valence-corrected chi connectivity index (χ0v) is 12.7. The van der Waals surface area contributed by atoms with E-state index in [1.807, 2.05) is 41.5 Å². The van der Waals surface area contributed by atoms with Gasteiger partial charge in [0.2, 0.25) is 0 Å². The van der Waals surface area contributed by atoms with E-state index in [1.165, 1.54) is 0 Å². The van der Waals surface area contributed by atoms with E-state index >= 15 is 0 Å². The van der Waals surface area contributed by atoms with Crippen molar-refractivity contribution in [3.8, 4) is 0 Å². The maximum atomic E-state index is 11.9. The van der Waals surface area contributed by atoms with Gasteiger partial charge in [0, 0.05) is 19.9 Å². The molecule has 2 heterocycles. The number of rotatable bonds is 0. The highest BCUT2D eigenvalue weighted by Crippen LogP contribution is 2.21. The van der Waals surface area contributed by atoms with Gasteiger partial charge in [-0.25, -0.2) is 9.78 Å². The van der Waals surface area contributed by atoms with Crippen molar-refractivity contribution >= 4 is 6.09 Å². The summed E-state index contributed by atoms with van der Waals surface area (Å²) in [6.07, 6.45) is 0.416. The Morgan fingerprint density at radius 1 is 1.37 bits per heavy atom. The highest BCUT2D eigenvalue weighted by Gasteiger charge is 2.28. The predicted octanol–water partition coefficient (Wildman–Crippen LogP) is 3.30. The summed E-state index contributed by atoms with van der Waals surface area (Å²) in [5, 5.41) is 0. The topological polar surface area (TPSA) is 55.6 Å². The van der Waals surface area contributed by atoms with Crippen LogP contribution in [0.3, 0.4) is 0 Å². The summed E-state index contributed by atoms with van der Waals surface area (Å²) in [6, 6.07) is 0. The molecule has 0 unspecified atom stereocenters. The van der Waals surface area contributed by atoms with Crippen molar-refractivity contribution in [3.05, 3.63) is 17.3 Å². The van der Waals surface area contributed by atoms with E-state index < -0.39 is 5.60 Å². The summed E-state index contributed by atoms with van der Waals surface area (Å²) in [5.74, 6) is 1.54. The molecule has 1 aromatic rings. The SMILES string of the molecule is CC.Cc1nc2c(o1)CCN(C(=O)OC(C)(C)C)C2. The maximum absolute atomic E-state index is 11.9. The Morgan fingerprint density at radius 2 is 2.00 bits per heavy atom. The number of carbonyl (C=O) groups is 1. The summed E-state index contributed by atoms with van der Waals surface area (Å²) in [4.78, 5) is 17.8. The van der Waals surface area contributed by atoms with Crippen LogP contribution in [0, 0.1) is 6.92 Å². The average Bonchev–Trinajstić information content (AvgIpc) is 2.68. The highest BCUT2D eigenvalue weighted by atomic mass is 16.6. The molecule has 5 heteroatoms. The van der Waals surface area contributed by atoms with E-state index in [9.17, 15) is 4.79 Å². The monoisotopic (exact) mass is 268 g/mol. The number of nitrogens with zero attached hydrogens (tertiary/aromatic N) is 2. The lowest BCUT2D eigenvalue weighted by Crippen LogP contribution is -2.39. The third-order valence-electron chi connectivity index (χ3n) is 2.49. The summed E-state index contributed by atoms with van der Waals surface area (Å²) < 4.78 is 10.8. The van der Waals surface area contributed by atoms with E-state index in [2.05, 4.69) is 4.98 Å². The van der Waals surface area contributed by atoms with Crippen molar-refractivity contribution in [1.29, 1.82) is 0 Å². The Morgan fingerprint density at radius 3 is 2.58 bits per heavy atom. The highest BCUT2D eigenvalue weighted by molar-refractivity contribution is 5.68. The Hall–Kier alpha value is -1.52. The number of ether oxygens (including phenoxy) is 1. The minimum absolute atomic E-state index is 0.288. The molecule has 0 bridgehead atoms. The second kappa shape index (κ2) is 6.08. The van der Waals surface area contributed by atoms with Crippen molar-refractivity contribution in [2.75, 3.05) is 6.54 Å². The Bertz CT molecular complexity index is 432. The smallest absolute Gasteiger partial charge is 0.410 e. The maximum Gasteiger partial charge on any atom is 0.410 e. The number of amides is 1. The van der Waals surface area contributed by atoms with Crippen LogP contribution in [-0.4, -0.2) is 28.1 Å². The zero-order valence-electron chi connectivity index (χ0n) is 12.7. The Kier molecular flexibility index (Phi) is 4.97. The molecular weight excluding hydrogens is 244 g/mol. The fourth-order valence-electron chi connectivity index (χ4n) is 1.81. The van der Waals surface area contributed by atoms with Crippen LogP contribution in [0.15, 0.2) is 4.42 Å². The first-order valence-electron chi connectivity index (χ1n) is 6.78. The second-order valence-electron chi connectivity index (χ2n) is 5.25. The van der Waals surface area contributed by atoms with Gasteiger partial charge < -0.3 is 14.1 Å². The molecule has 5 nitrogen and oxygen atoms in total. The number of fused-ring (bicyclic) bond motifs is 1. The van der Waals surface area contributed by atoms with E-state index in [0.717, 1.165) is 11.5 Å². The molecule has 0 fully saturated rings. The number of carbonyl (C=O) groups excluding carboxylic acids is 1. The molecule has 19 heavy (non-hydrogen) atoms. The molecule has 0 saturated carbocycles. The molecule has 0 aliphatic carbocycles. The molecule has 0 N–H and O–H groups in total. The molecule has 1 amide bonds. The first-order valence-corrected chi connectivity index (χ1v) is 6.78. The number of hydrogen-bond acceptors (Lipinski definition) is 4. The van der Waals surface area contributed by atoms with Gasteiger partial charge in [0.1, 0.15) is 17.1 Å². The van der Waals surface area contributed by atoms with Crippen LogP contribution in [0.4, 0.5) is 4.79 Å². The van der Waals surface area contributed by atoms with Crippen LogP contribution in [0.25, 0.3) is 0 Å². The fraction of sp³-hybridized carbons (Fsp3) is 0.714. The number of aromatic nitrogens is 1. The predicted molar refractivity (Wildman–Crippen MR) is 72.9 cm³/mol. The molecule has 1 aromatic heterocycles. The Labute approximate surface area is 114 Å².